The Kier molecular flexibility index (Phi) is 6.59. The molecule has 0 aromatic heterocycles. The molecule has 14 heavy (non-hydrogen) atoms. The van der Waals surface area contributed by atoms with Crippen LogP contribution in [-0.4, -0.2) is 29.5 Å². The van der Waals surface area contributed by atoms with Gasteiger partial charge in [-0.25, -0.2) is 0 Å². The van der Waals surface area contributed by atoms with E-state index in [1.165, 1.54) is 50.8 Å². The van der Waals surface area contributed by atoms with Gasteiger partial charge in [0.25, 0.3) is 0 Å². The van der Waals surface area contributed by atoms with Gasteiger partial charge in [-0.05, 0) is 31.7 Å². The van der Waals surface area contributed by atoms with Gasteiger partial charge in [-0.2, -0.15) is 0 Å². The first-order valence-electron chi connectivity index (χ1n) is 5.94. The van der Waals surface area contributed by atoms with Crippen molar-refractivity contribution in [3.63, 3.8) is 0 Å². The summed E-state index contributed by atoms with van der Waals surface area (Å²) in [5.41, 5.74) is 6.24. The van der Waals surface area contributed by atoms with E-state index in [1.807, 2.05) is 0 Å². The monoisotopic (exact) mass is 217 g/mol. The van der Waals surface area contributed by atoms with Gasteiger partial charge < -0.3 is 10.8 Å². The number of hydrogen-bond acceptors (Lipinski definition) is 1. The van der Waals surface area contributed by atoms with E-state index < -0.39 is 7.55 Å². The topological polar surface area (TPSA) is 46.2 Å². The lowest BCUT2D eigenvalue weighted by molar-refractivity contribution is 0.547. The molecule has 0 bridgehead atoms. The van der Waals surface area contributed by atoms with E-state index >= 15 is 0 Å². The number of hydrogen-bond donors (Lipinski definition) is 2. The van der Waals surface area contributed by atoms with E-state index in [-0.39, 0.29) is 0 Å². The largest absolute Gasteiger partial charge is 0.366 e. The molecule has 0 aromatic carbocycles. The zero-order valence-electron chi connectivity index (χ0n) is 9.10. The van der Waals surface area contributed by atoms with E-state index in [2.05, 4.69) is 0 Å². The molecule has 0 spiro atoms. The van der Waals surface area contributed by atoms with Crippen molar-refractivity contribution in [2.45, 2.75) is 44.9 Å². The highest BCUT2D eigenvalue weighted by molar-refractivity contribution is 7.58. The molecule has 1 rings (SSSR count). The smallest absolute Gasteiger partial charge is 0.0430 e. The Morgan fingerprint density at radius 3 is 2.00 bits per heavy atom. The van der Waals surface area contributed by atoms with Gasteiger partial charge in [0.05, 0.1) is 0 Å². The van der Waals surface area contributed by atoms with Crippen molar-refractivity contribution in [3.8, 4) is 0 Å². The van der Waals surface area contributed by atoms with Gasteiger partial charge in [-0.1, -0.05) is 33.2 Å². The quantitative estimate of drug-likeness (QED) is 0.698. The normalized spacial score (nSPS) is 21.0. The first-order chi connectivity index (χ1) is 6.84. The van der Waals surface area contributed by atoms with E-state index in [9.17, 15) is 5.11 Å². The highest BCUT2D eigenvalue weighted by Gasteiger charge is 2.05. The van der Waals surface area contributed by atoms with Crippen molar-refractivity contribution >= 4 is 13.0 Å². The molecule has 3 heteroatoms. The average Bonchev–Trinajstić information content (AvgIpc) is 2.30. The summed E-state index contributed by atoms with van der Waals surface area (Å²) in [7, 11) is -0.578. The molecule has 0 amide bonds. The molecular weight excluding hydrogens is 193 g/mol. The predicted octanol–water partition coefficient (Wildman–Crippen LogP) is 2.41. The van der Waals surface area contributed by atoms with Crippen molar-refractivity contribution in [2.24, 2.45) is 5.73 Å². The van der Waals surface area contributed by atoms with Gasteiger partial charge in [0, 0.05) is 11.9 Å². The second-order valence-electron chi connectivity index (χ2n) is 4.21. The van der Waals surface area contributed by atoms with E-state index in [4.69, 9.17) is 5.73 Å². The fourth-order valence-electron chi connectivity index (χ4n) is 2.11. The summed E-state index contributed by atoms with van der Waals surface area (Å²) in [5.74, 6) is 0. The molecule has 1 saturated heterocycles. The standard InChI is InChI=1S/C11H24NOP/c12-8-7-11(13)14-9-5-3-1-2-4-6-10-14/h13-14H,1-10,12H2. The number of nitrogens with two attached hydrogens (primary N) is 1. The summed E-state index contributed by atoms with van der Waals surface area (Å²) in [6, 6.07) is 0. The maximum atomic E-state index is 9.86. The Bertz CT molecular complexity index is 180. The minimum atomic E-state index is -0.578. The molecule has 0 aliphatic carbocycles. The third-order valence-corrected chi connectivity index (χ3v) is 5.98. The van der Waals surface area contributed by atoms with E-state index in [0.29, 0.717) is 6.54 Å². The Hall–Kier alpha value is 0.220. The van der Waals surface area contributed by atoms with Gasteiger partial charge >= 0.3 is 0 Å². The Labute approximate surface area is 88.3 Å². The first kappa shape index (κ1) is 12.3. The molecule has 0 radical (unpaired) electrons. The van der Waals surface area contributed by atoms with Crippen LogP contribution in [0.3, 0.4) is 0 Å². The molecule has 1 heterocycles. The maximum absolute atomic E-state index is 9.86. The van der Waals surface area contributed by atoms with Crippen LogP contribution in [0.25, 0.3) is 0 Å². The van der Waals surface area contributed by atoms with Crippen LogP contribution in [0.5, 0.6) is 0 Å². The number of aliphatic hydroxyl groups excluding tert-OH is 1. The summed E-state index contributed by atoms with van der Waals surface area (Å²) in [4.78, 5) is 0. The van der Waals surface area contributed by atoms with Crippen molar-refractivity contribution < 1.29 is 5.11 Å². The van der Waals surface area contributed by atoms with Crippen molar-refractivity contribution in [3.05, 3.63) is 0 Å². The molecular formula is C11H24NOP. The zero-order chi connectivity index (χ0) is 10.2. The molecule has 84 valence electrons. The fourth-order valence-corrected chi connectivity index (χ4v) is 4.79. The Morgan fingerprint density at radius 1 is 1.00 bits per heavy atom. The lowest BCUT2D eigenvalue weighted by Gasteiger charge is -2.10. The molecule has 3 N–H and O–H groups in total. The zero-order valence-corrected chi connectivity index (χ0v) is 10.1. The number of aliphatic hydroxyl groups is 1. The molecule has 0 aromatic rings. The van der Waals surface area contributed by atoms with Crippen LogP contribution < -0.4 is 5.73 Å². The molecule has 1 aliphatic rings. The molecule has 0 unspecified atom stereocenters. The molecule has 0 atom stereocenters. The SMILES string of the molecule is NCCC(O)=[PH]1CCCCCCCC1. The summed E-state index contributed by atoms with van der Waals surface area (Å²) in [6.45, 7) is 0.611. The van der Waals surface area contributed by atoms with Crippen LogP contribution in [-0.2, 0) is 0 Å². The third kappa shape index (κ3) is 4.63. The third-order valence-electron chi connectivity index (χ3n) is 3.00. The highest BCUT2D eigenvalue weighted by atomic mass is 31.1. The molecule has 0 saturated carbocycles. The van der Waals surface area contributed by atoms with Crippen LogP contribution in [0, 0.1) is 0 Å². The molecule has 1 aliphatic heterocycles. The lowest BCUT2D eigenvalue weighted by Crippen LogP contribution is -2.08. The summed E-state index contributed by atoms with van der Waals surface area (Å²) in [5, 5.41) is 9.86. The fraction of sp³-hybridized carbons (Fsp3) is 0.909. The molecule has 1 fully saturated rings. The summed E-state index contributed by atoms with van der Waals surface area (Å²) >= 11 is 0. The minimum absolute atomic E-state index is 0.578. The van der Waals surface area contributed by atoms with Crippen molar-refractivity contribution in [1.29, 1.82) is 0 Å². The average molecular weight is 217 g/mol. The van der Waals surface area contributed by atoms with E-state index in [0.717, 1.165) is 11.9 Å². The van der Waals surface area contributed by atoms with Gasteiger partial charge in [0.2, 0.25) is 0 Å². The molecule has 2 nitrogen and oxygen atoms in total. The van der Waals surface area contributed by atoms with Gasteiger partial charge in [0.15, 0.2) is 0 Å². The highest BCUT2D eigenvalue weighted by Crippen LogP contribution is 2.31. The van der Waals surface area contributed by atoms with Crippen LogP contribution in [0.2, 0.25) is 0 Å². The van der Waals surface area contributed by atoms with Crippen LogP contribution >= 0.6 is 7.55 Å². The number of rotatable bonds is 2. The van der Waals surface area contributed by atoms with Gasteiger partial charge in [0.1, 0.15) is 0 Å². The minimum Gasteiger partial charge on any atom is -0.366 e. The van der Waals surface area contributed by atoms with E-state index in [1.54, 1.807) is 0 Å². The van der Waals surface area contributed by atoms with Gasteiger partial charge in [-0.15, -0.1) is 0 Å². The maximum Gasteiger partial charge on any atom is 0.0430 e. The Balaban J connectivity index is 2.49. The Morgan fingerprint density at radius 2 is 1.50 bits per heavy atom. The van der Waals surface area contributed by atoms with Crippen molar-refractivity contribution in [2.75, 3.05) is 18.9 Å². The first-order valence-corrected chi connectivity index (χ1v) is 7.86. The van der Waals surface area contributed by atoms with Crippen LogP contribution in [0.1, 0.15) is 44.9 Å². The summed E-state index contributed by atoms with van der Waals surface area (Å²) in [6.07, 6.45) is 11.5. The van der Waals surface area contributed by atoms with Crippen molar-refractivity contribution in [1.82, 2.24) is 0 Å². The predicted molar refractivity (Wildman–Crippen MR) is 66.4 cm³/mol. The second-order valence-corrected chi connectivity index (χ2v) is 6.99. The lowest BCUT2D eigenvalue weighted by atomic mass is 10.1. The van der Waals surface area contributed by atoms with Crippen LogP contribution in [0.15, 0.2) is 0 Å². The van der Waals surface area contributed by atoms with Crippen LogP contribution in [0.4, 0.5) is 0 Å². The van der Waals surface area contributed by atoms with Gasteiger partial charge in [-0.3, -0.25) is 0 Å². The second kappa shape index (κ2) is 7.50. The summed E-state index contributed by atoms with van der Waals surface area (Å²) < 4.78 is 0.